The Labute approximate surface area is 204 Å². The smallest absolute Gasteiger partial charge is 0.216 e. The molecule has 0 spiro atoms. The maximum absolute atomic E-state index is 12.3. The van der Waals surface area contributed by atoms with Crippen LogP contribution in [0.2, 0.25) is 0 Å². The van der Waals surface area contributed by atoms with E-state index in [0.29, 0.717) is 25.7 Å². The normalized spacial score (nSPS) is 17.1. The zero-order valence-electron chi connectivity index (χ0n) is 19.0. The summed E-state index contributed by atoms with van der Waals surface area (Å²) in [6.07, 6.45) is 1.06. The molecule has 1 aliphatic heterocycles. The molecule has 1 atom stereocenters. The molecule has 1 aliphatic rings. The van der Waals surface area contributed by atoms with E-state index in [0.717, 1.165) is 43.2 Å². The highest BCUT2D eigenvalue weighted by Gasteiger charge is 2.25. The molecule has 8 nitrogen and oxygen atoms in total. The van der Waals surface area contributed by atoms with Crippen molar-refractivity contribution in [2.45, 2.75) is 38.6 Å². The average Bonchev–Trinajstić information content (AvgIpc) is 3.14. The minimum atomic E-state index is -3.38. The molecule has 2 rings (SSSR count). The zero-order valence-corrected chi connectivity index (χ0v) is 22.1. The third-order valence-corrected chi connectivity index (χ3v) is 6.42. The van der Waals surface area contributed by atoms with Crippen LogP contribution in [0.15, 0.2) is 29.3 Å². The van der Waals surface area contributed by atoms with E-state index in [9.17, 15) is 8.42 Å². The van der Waals surface area contributed by atoms with Crippen molar-refractivity contribution in [3.8, 4) is 0 Å². The Morgan fingerprint density at radius 2 is 1.97 bits per heavy atom. The molecular formula is C21H37IN4O4S. The van der Waals surface area contributed by atoms with Crippen LogP contribution in [0.4, 0.5) is 0 Å². The van der Waals surface area contributed by atoms with Gasteiger partial charge in [0.05, 0.1) is 25.6 Å². The van der Waals surface area contributed by atoms with Gasteiger partial charge in [0.2, 0.25) is 10.0 Å². The fraction of sp³-hybridized carbons (Fsp3) is 0.667. The summed E-state index contributed by atoms with van der Waals surface area (Å²) in [7, 11) is 0.0650. The van der Waals surface area contributed by atoms with Crippen LogP contribution in [0.1, 0.15) is 31.4 Å². The van der Waals surface area contributed by atoms with Crippen molar-refractivity contribution in [2.75, 3.05) is 47.1 Å². The van der Waals surface area contributed by atoms with Gasteiger partial charge in [-0.2, -0.15) is 0 Å². The first kappa shape index (κ1) is 28.1. The predicted molar refractivity (Wildman–Crippen MR) is 135 cm³/mol. The monoisotopic (exact) mass is 568 g/mol. The molecule has 31 heavy (non-hydrogen) atoms. The van der Waals surface area contributed by atoms with Crippen LogP contribution in [0.25, 0.3) is 0 Å². The highest BCUT2D eigenvalue weighted by molar-refractivity contribution is 14.0. The van der Waals surface area contributed by atoms with Crippen LogP contribution in [-0.4, -0.2) is 72.4 Å². The quantitative estimate of drug-likeness (QED) is 0.184. The van der Waals surface area contributed by atoms with Gasteiger partial charge in [0, 0.05) is 45.8 Å². The van der Waals surface area contributed by atoms with Crippen molar-refractivity contribution in [1.29, 1.82) is 0 Å². The molecule has 0 aliphatic carbocycles. The van der Waals surface area contributed by atoms with Crippen molar-refractivity contribution in [2.24, 2.45) is 10.9 Å². The lowest BCUT2D eigenvalue weighted by atomic mass is 10.1. The molecule has 0 amide bonds. The van der Waals surface area contributed by atoms with Crippen LogP contribution in [-0.2, 0) is 31.8 Å². The minimum absolute atomic E-state index is 0. The number of methoxy groups -OCH3 is 1. The number of likely N-dealkylation sites (tertiary alicyclic amines) is 1. The van der Waals surface area contributed by atoms with E-state index in [1.54, 1.807) is 14.2 Å². The summed E-state index contributed by atoms with van der Waals surface area (Å²) in [5.41, 5.74) is 1.74. The van der Waals surface area contributed by atoms with Crippen molar-refractivity contribution >= 4 is 40.0 Å². The van der Waals surface area contributed by atoms with Crippen LogP contribution in [0.5, 0.6) is 0 Å². The molecule has 1 aromatic rings. The Kier molecular flexibility index (Phi) is 12.9. The Balaban J connectivity index is 0.00000480. The Hall–Kier alpha value is -0.950. The number of rotatable bonds is 11. The average molecular weight is 569 g/mol. The van der Waals surface area contributed by atoms with E-state index in [1.807, 2.05) is 38.1 Å². The van der Waals surface area contributed by atoms with Crippen molar-refractivity contribution in [3.05, 3.63) is 35.4 Å². The van der Waals surface area contributed by atoms with Crippen molar-refractivity contribution in [3.63, 3.8) is 0 Å². The Morgan fingerprint density at radius 3 is 2.61 bits per heavy atom. The third-order valence-electron chi connectivity index (χ3n) is 4.90. The van der Waals surface area contributed by atoms with Crippen LogP contribution < -0.4 is 10.0 Å². The van der Waals surface area contributed by atoms with Crippen LogP contribution >= 0.6 is 24.0 Å². The van der Waals surface area contributed by atoms with Gasteiger partial charge in [-0.3, -0.25) is 4.99 Å². The summed E-state index contributed by atoms with van der Waals surface area (Å²) in [6, 6.07) is 7.49. The van der Waals surface area contributed by atoms with Gasteiger partial charge in [-0.15, -0.1) is 24.0 Å². The standard InChI is InChI=1S/C21H36N4O4S.HI/c1-17(2)24-30(26,27)16-20-8-6-5-7-19(20)13-23-21(22-3)25-10-9-18(14-25)15-29-12-11-28-4;/h5-8,17-18,24H,9-16H2,1-4H3,(H,22,23);1H. The lowest BCUT2D eigenvalue weighted by molar-refractivity contribution is 0.0536. The number of benzene rings is 1. The van der Waals surface area contributed by atoms with Crippen molar-refractivity contribution < 1.29 is 17.9 Å². The molecule has 1 unspecified atom stereocenters. The first-order valence-electron chi connectivity index (χ1n) is 10.4. The summed E-state index contributed by atoms with van der Waals surface area (Å²) < 4.78 is 38.0. The fourth-order valence-electron chi connectivity index (χ4n) is 3.54. The van der Waals surface area contributed by atoms with Crippen LogP contribution in [0.3, 0.4) is 0 Å². The summed E-state index contributed by atoms with van der Waals surface area (Å²) in [5, 5.41) is 3.39. The molecular weight excluding hydrogens is 531 g/mol. The largest absolute Gasteiger partial charge is 0.382 e. The van der Waals surface area contributed by atoms with Crippen molar-refractivity contribution in [1.82, 2.24) is 14.9 Å². The van der Waals surface area contributed by atoms with E-state index >= 15 is 0 Å². The molecule has 1 heterocycles. The van der Waals surface area contributed by atoms with Gasteiger partial charge in [-0.1, -0.05) is 24.3 Å². The molecule has 1 aromatic carbocycles. The molecule has 1 fully saturated rings. The number of hydrogen-bond acceptors (Lipinski definition) is 5. The number of sulfonamides is 1. The molecule has 2 N–H and O–H groups in total. The highest BCUT2D eigenvalue weighted by Crippen LogP contribution is 2.17. The summed E-state index contributed by atoms with van der Waals surface area (Å²) in [6.45, 7) is 7.92. The molecule has 0 radical (unpaired) electrons. The molecule has 178 valence electrons. The maximum Gasteiger partial charge on any atom is 0.216 e. The third kappa shape index (κ3) is 10.0. The van der Waals surface area contributed by atoms with Gasteiger partial charge in [0.25, 0.3) is 0 Å². The second-order valence-corrected chi connectivity index (χ2v) is 9.62. The number of hydrogen-bond donors (Lipinski definition) is 2. The van der Waals surface area contributed by atoms with E-state index in [-0.39, 0.29) is 35.8 Å². The van der Waals surface area contributed by atoms with Gasteiger partial charge in [0.1, 0.15) is 0 Å². The van der Waals surface area contributed by atoms with E-state index in [1.165, 1.54) is 0 Å². The fourth-order valence-corrected chi connectivity index (χ4v) is 5.03. The number of nitrogens with one attached hydrogen (secondary N) is 2. The summed E-state index contributed by atoms with van der Waals surface area (Å²) in [5.74, 6) is 1.26. The predicted octanol–water partition coefficient (Wildman–Crippen LogP) is 2.19. The lowest BCUT2D eigenvalue weighted by Gasteiger charge is -2.22. The van der Waals surface area contributed by atoms with Gasteiger partial charge in [-0.25, -0.2) is 13.1 Å². The van der Waals surface area contributed by atoms with Gasteiger partial charge < -0.3 is 19.7 Å². The van der Waals surface area contributed by atoms with E-state index in [4.69, 9.17) is 9.47 Å². The summed E-state index contributed by atoms with van der Waals surface area (Å²) >= 11 is 0. The number of halogens is 1. The maximum atomic E-state index is 12.3. The minimum Gasteiger partial charge on any atom is -0.382 e. The molecule has 0 aromatic heterocycles. The first-order chi connectivity index (χ1) is 14.3. The van der Waals surface area contributed by atoms with Crippen LogP contribution in [0, 0.1) is 5.92 Å². The number of nitrogens with zero attached hydrogens (tertiary/aromatic N) is 2. The molecule has 1 saturated heterocycles. The SMILES string of the molecule is CN=C(NCc1ccccc1CS(=O)(=O)NC(C)C)N1CCC(COCCOC)C1.I. The number of ether oxygens (including phenoxy) is 2. The molecule has 0 bridgehead atoms. The van der Waals surface area contributed by atoms with Gasteiger partial charge in [0.15, 0.2) is 5.96 Å². The molecule has 10 heteroatoms. The lowest BCUT2D eigenvalue weighted by Crippen LogP contribution is -2.40. The first-order valence-corrected chi connectivity index (χ1v) is 12.1. The topological polar surface area (TPSA) is 92.3 Å². The highest BCUT2D eigenvalue weighted by atomic mass is 127. The van der Waals surface area contributed by atoms with E-state index in [2.05, 4.69) is 19.9 Å². The van der Waals surface area contributed by atoms with E-state index < -0.39 is 10.0 Å². The second-order valence-electron chi connectivity index (χ2n) is 7.87. The summed E-state index contributed by atoms with van der Waals surface area (Å²) in [4.78, 5) is 6.64. The second kappa shape index (κ2) is 14.2. The number of aliphatic imine (C=N–C) groups is 1. The Bertz CT molecular complexity index is 789. The number of guanidine groups is 1. The van der Waals surface area contributed by atoms with Gasteiger partial charge >= 0.3 is 0 Å². The zero-order chi connectivity index (χ0) is 22.0. The Morgan fingerprint density at radius 1 is 1.26 bits per heavy atom. The van der Waals surface area contributed by atoms with Gasteiger partial charge in [-0.05, 0) is 31.4 Å². The molecule has 0 saturated carbocycles.